The van der Waals surface area contributed by atoms with E-state index in [4.69, 9.17) is 5.73 Å². The molecule has 1 aromatic rings. The zero-order valence-corrected chi connectivity index (χ0v) is 10.2. The fourth-order valence-electron chi connectivity index (χ4n) is 1.65. The number of hydrogen-bond donors (Lipinski definition) is 1. The van der Waals surface area contributed by atoms with Crippen LogP contribution in [0.5, 0.6) is 0 Å². The molecule has 2 N–H and O–H groups in total. The molecule has 1 aromatic carbocycles. The van der Waals surface area contributed by atoms with E-state index >= 15 is 0 Å². The summed E-state index contributed by atoms with van der Waals surface area (Å²) >= 11 is 0. The number of benzene rings is 1. The van der Waals surface area contributed by atoms with Gasteiger partial charge in [0.2, 0.25) is 5.91 Å². The van der Waals surface area contributed by atoms with Gasteiger partial charge in [-0.1, -0.05) is 0 Å². The van der Waals surface area contributed by atoms with Crippen molar-refractivity contribution in [2.45, 2.75) is 6.42 Å². The average Bonchev–Trinajstić information content (AvgIpc) is 2.28. The van der Waals surface area contributed by atoms with Gasteiger partial charge in [-0.25, -0.2) is 4.79 Å². The Morgan fingerprint density at radius 3 is 2.35 bits per heavy atom. The highest BCUT2D eigenvalue weighted by Gasteiger charge is 2.29. The number of carbonyl (C=O) groups excluding carboxylic acids is 2. The number of amides is 3. The van der Waals surface area contributed by atoms with Crippen molar-refractivity contribution in [3.8, 4) is 0 Å². The van der Waals surface area contributed by atoms with Crippen LogP contribution in [0.4, 0.5) is 16.2 Å². The molecule has 0 saturated carbocycles. The molecule has 0 aromatic heterocycles. The summed E-state index contributed by atoms with van der Waals surface area (Å²) in [5, 5.41) is 0. The van der Waals surface area contributed by atoms with Crippen LogP contribution in [-0.4, -0.2) is 30.4 Å². The van der Waals surface area contributed by atoms with Crippen molar-refractivity contribution in [3.05, 3.63) is 24.3 Å². The number of carbonyl (C=O) groups is 2. The molecule has 1 fully saturated rings. The predicted octanol–water partition coefficient (Wildman–Crippen LogP) is 1.48. The van der Waals surface area contributed by atoms with Gasteiger partial charge < -0.3 is 5.73 Å². The molecule has 0 spiro atoms. The van der Waals surface area contributed by atoms with Crippen LogP contribution < -0.4 is 10.6 Å². The van der Waals surface area contributed by atoms with Crippen LogP contribution in [0.1, 0.15) is 6.42 Å². The molecule has 0 aliphatic carbocycles. The van der Waals surface area contributed by atoms with Crippen LogP contribution in [0.25, 0.3) is 0 Å². The van der Waals surface area contributed by atoms with Crippen molar-refractivity contribution in [3.63, 3.8) is 0 Å². The Kier molecular flexibility index (Phi) is 3.96. The normalized spacial score (nSPS) is 15.8. The van der Waals surface area contributed by atoms with E-state index in [1.54, 1.807) is 29.2 Å². The number of nitrogens with zero attached hydrogens (tertiary/aromatic N) is 2. The van der Waals surface area contributed by atoms with E-state index in [2.05, 4.69) is 0 Å². The zero-order chi connectivity index (χ0) is 11.7. The van der Waals surface area contributed by atoms with E-state index in [1.807, 2.05) is 0 Å². The third-order valence-electron chi connectivity index (χ3n) is 2.65. The fourth-order valence-corrected chi connectivity index (χ4v) is 1.65. The number of halogens is 1. The summed E-state index contributed by atoms with van der Waals surface area (Å²) in [5.41, 5.74) is 6.99. The standard InChI is InChI=1S/C11H13N3O2.ClH/c1-13-10(15)6-7-14(11(13)16)9-4-2-8(12)3-5-9;/h2-5H,6-7,12H2,1H3;1H. The number of urea groups is 1. The smallest absolute Gasteiger partial charge is 0.330 e. The first-order valence-electron chi connectivity index (χ1n) is 5.03. The van der Waals surface area contributed by atoms with Gasteiger partial charge >= 0.3 is 6.03 Å². The quantitative estimate of drug-likeness (QED) is 0.773. The summed E-state index contributed by atoms with van der Waals surface area (Å²) in [7, 11) is 1.49. The van der Waals surface area contributed by atoms with E-state index < -0.39 is 0 Å². The second kappa shape index (κ2) is 5.05. The Hall–Kier alpha value is -1.75. The van der Waals surface area contributed by atoms with Crippen molar-refractivity contribution < 1.29 is 9.59 Å². The van der Waals surface area contributed by atoms with Crippen molar-refractivity contribution in [2.24, 2.45) is 0 Å². The number of nitrogens with two attached hydrogens (primary N) is 1. The van der Waals surface area contributed by atoms with Crippen LogP contribution in [0.2, 0.25) is 0 Å². The molecule has 17 heavy (non-hydrogen) atoms. The van der Waals surface area contributed by atoms with Crippen molar-refractivity contribution in [1.29, 1.82) is 0 Å². The van der Waals surface area contributed by atoms with Crippen LogP contribution in [0.3, 0.4) is 0 Å². The molecule has 1 aliphatic heterocycles. The minimum Gasteiger partial charge on any atom is -0.399 e. The first kappa shape index (κ1) is 13.3. The van der Waals surface area contributed by atoms with Gasteiger partial charge in [-0.05, 0) is 24.3 Å². The van der Waals surface area contributed by atoms with E-state index in [0.717, 1.165) is 10.6 Å². The lowest BCUT2D eigenvalue weighted by Crippen LogP contribution is -2.50. The summed E-state index contributed by atoms with van der Waals surface area (Å²) < 4.78 is 0. The van der Waals surface area contributed by atoms with E-state index in [-0.39, 0.29) is 24.3 Å². The molecule has 5 nitrogen and oxygen atoms in total. The number of anilines is 2. The Morgan fingerprint density at radius 1 is 1.18 bits per heavy atom. The molecule has 1 aliphatic rings. The minimum absolute atomic E-state index is 0. The summed E-state index contributed by atoms with van der Waals surface area (Å²) in [6, 6.07) is 6.73. The van der Waals surface area contributed by atoms with Gasteiger partial charge in [0.15, 0.2) is 0 Å². The lowest BCUT2D eigenvalue weighted by molar-refractivity contribution is -0.127. The lowest BCUT2D eigenvalue weighted by Gasteiger charge is -2.31. The van der Waals surface area contributed by atoms with Crippen LogP contribution in [0, 0.1) is 0 Å². The summed E-state index contributed by atoms with van der Waals surface area (Å²) in [6.07, 6.45) is 0.354. The van der Waals surface area contributed by atoms with Crippen molar-refractivity contribution in [2.75, 3.05) is 24.2 Å². The summed E-state index contributed by atoms with van der Waals surface area (Å²) in [4.78, 5) is 25.8. The molecule has 2 rings (SSSR count). The molecule has 0 radical (unpaired) electrons. The molecular formula is C11H14ClN3O2. The Morgan fingerprint density at radius 2 is 1.76 bits per heavy atom. The average molecular weight is 256 g/mol. The van der Waals surface area contributed by atoms with Crippen LogP contribution in [-0.2, 0) is 4.79 Å². The molecule has 0 atom stereocenters. The number of rotatable bonds is 1. The topological polar surface area (TPSA) is 66.6 Å². The SMILES string of the molecule is CN1C(=O)CCN(c2ccc(N)cc2)C1=O.Cl. The molecule has 6 heteroatoms. The second-order valence-corrected chi connectivity index (χ2v) is 3.73. The maximum atomic E-state index is 11.8. The Balaban J connectivity index is 0.00000144. The van der Waals surface area contributed by atoms with Gasteiger partial charge in [0.25, 0.3) is 0 Å². The largest absolute Gasteiger partial charge is 0.399 e. The van der Waals surface area contributed by atoms with E-state index in [1.165, 1.54) is 7.05 Å². The summed E-state index contributed by atoms with van der Waals surface area (Å²) in [6.45, 7) is 0.423. The van der Waals surface area contributed by atoms with Gasteiger partial charge in [-0.15, -0.1) is 12.4 Å². The van der Waals surface area contributed by atoms with Gasteiger partial charge in [0.1, 0.15) is 0 Å². The number of imide groups is 1. The first-order chi connectivity index (χ1) is 7.59. The number of nitrogen functional groups attached to an aromatic ring is 1. The predicted molar refractivity (Wildman–Crippen MR) is 68.2 cm³/mol. The highest BCUT2D eigenvalue weighted by atomic mass is 35.5. The van der Waals surface area contributed by atoms with Gasteiger partial charge in [-0.3, -0.25) is 14.6 Å². The first-order valence-corrected chi connectivity index (χ1v) is 5.03. The van der Waals surface area contributed by atoms with Crippen LogP contribution >= 0.6 is 12.4 Å². The minimum atomic E-state index is -0.291. The van der Waals surface area contributed by atoms with E-state index in [0.29, 0.717) is 18.7 Å². The highest BCUT2D eigenvalue weighted by Crippen LogP contribution is 2.20. The number of hydrogen-bond acceptors (Lipinski definition) is 3. The molecule has 92 valence electrons. The Bertz CT molecular complexity index is 433. The van der Waals surface area contributed by atoms with Gasteiger partial charge in [0.05, 0.1) is 0 Å². The van der Waals surface area contributed by atoms with Crippen LogP contribution in [0.15, 0.2) is 24.3 Å². The fraction of sp³-hybridized carbons (Fsp3) is 0.273. The molecule has 0 bridgehead atoms. The van der Waals surface area contributed by atoms with E-state index in [9.17, 15) is 9.59 Å². The second-order valence-electron chi connectivity index (χ2n) is 3.73. The van der Waals surface area contributed by atoms with Gasteiger partial charge in [-0.2, -0.15) is 0 Å². The van der Waals surface area contributed by atoms with Gasteiger partial charge in [0, 0.05) is 31.4 Å². The van der Waals surface area contributed by atoms with Crippen molar-refractivity contribution >= 4 is 35.7 Å². The molecule has 1 saturated heterocycles. The monoisotopic (exact) mass is 255 g/mol. The van der Waals surface area contributed by atoms with Crippen molar-refractivity contribution in [1.82, 2.24) is 4.90 Å². The molecule has 1 heterocycles. The molecule has 0 unspecified atom stereocenters. The molecule has 3 amide bonds. The maximum absolute atomic E-state index is 11.8. The maximum Gasteiger partial charge on any atom is 0.330 e. The zero-order valence-electron chi connectivity index (χ0n) is 9.42. The Labute approximate surface area is 106 Å². The lowest BCUT2D eigenvalue weighted by atomic mass is 10.2. The molecular weight excluding hydrogens is 242 g/mol. The highest BCUT2D eigenvalue weighted by molar-refractivity contribution is 6.05. The third kappa shape index (κ3) is 2.50. The summed E-state index contributed by atoms with van der Waals surface area (Å²) in [5.74, 6) is -0.142. The third-order valence-corrected chi connectivity index (χ3v) is 2.65.